The van der Waals surface area contributed by atoms with Gasteiger partial charge in [0.25, 0.3) is 0 Å². The summed E-state index contributed by atoms with van der Waals surface area (Å²) in [6.45, 7) is 11.2. The lowest BCUT2D eigenvalue weighted by Gasteiger charge is -2.38. The van der Waals surface area contributed by atoms with E-state index in [0.717, 1.165) is 32.4 Å². The second-order valence-electron chi connectivity index (χ2n) is 6.73. The molecule has 1 atom stereocenters. The Morgan fingerprint density at radius 3 is 2.33 bits per heavy atom. The van der Waals surface area contributed by atoms with E-state index < -0.39 is 0 Å². The van der Waals surface area contributed by atoms with Gasteiger partial charge in [-0.05, 0) is 43.6 Å². The zero-order chi connectivity index (χ0) is 15.4. The average molecular weight is 292 g/mol. The maximum absolute atomic E-state index is 12.7. The third-order valence-electron chi connectivity index (χ3n) is 5.04. The zero-order valence-electron chi connectivity index (χ0n) is 13.4. The molecule has 118 valence electrons. The molecule has 1 unspecified atom stereocenters. The Hall–Kier alpha value is -1.32. The van der Waals surface area contributed by atoms with Crippen LogP contribution in [-0.4, -0.2) is 47.8 Å². The van der Waals surface area contributed by atoms with Gasteiger partial charge in [0.1, 0.15) is 0 Å². The average Bonchev–Trinajstić information content (AvgIpc) is 2.53. The topological polar surface area (TPSA) is 40.6 Å². The minimum absolute atomic E-state index is 0.0151. The minimum atomic E-state index is -0.0151. The summed E-state index contributed by atoms with van der Waals surface area (Å²) in [7, 11) is 0. The molecule has 4 heteroatoms. The molecule has 2 heterocycles. The fourth-order valence-corrected chi connectivity index (χ4v) is 3.49. The molecule has 0 aliphatic carbocycles. The standard InChI is InChI=1S/C17H28N2O2/c1-4-16(20)18-10-7-14(8-11-18)17(21)19-9-5-6-15(12-19)13(2)3/h4,13-15H,1,5-12H2,2-3H3. The van der Waals surface area contributed by atoms with Crippen LogP contribution in [0.3, 0.4) is 0 Å². The van der Waals surface area contributed by atoms with E-state index >= 15 is 0 Å². The molecule has 2 fully saturated rings. The van der Waals surface area contributed by atoms with E-state index in [2.05, 4.69) is 25.3 Å². The number of carbonyl (C=O) groups excluding carboxylic acids is 2. The number of rotatable bonds is 3. The molecule has 0 spiro atoms. The molecular formula is C17H28N2O2. The van der Waals surface area contributed by atoms with Crippen LogP contribution in [0.1, 0.15) is 39.5 Å². The third kappa shape index (κ3) is 3.86. The monoisotopic (exact) mass is 292 g/mol. The van der Waals surface area contributed by atoms with Gasteiger partial charge in [-0.2, -0.15) is 0 Å². The highest BCUT2D eigenvalue weighted by Gasteiger charge is 2.32. The van der Waals surface area contributed by atoms with Crippen LogP contribution in [0.4, 0.5) is 0 Å². The molecule has 0 aromatic heterocycles. The SMILES string of the molecule is C=CC(=O)N1CCC(C(=O)N2CCCC(C(C)C)C2)CC1. The summed E-state index contributed by atoms with van der Waals surface area (Å²) in [4.78, 5) is 28.1. The van der Waals surface area contributed by atoms with E-state index in [1.807, 2.05) is 0 Å². The van der Waals surface area contributed by atoms with E-state index in [0.29, 0.717) is 30.8 Å². The van der Waals surface area contributed by atoms with Crippen LogP contribution in [0.2, 0.25) is 0 Å². The first-order valence-electron chi connectivity index (χ1n) is 8.23. The highest BCUT2D eigenvalue weighted by Crippen LogP contribution is 2.27. The van der Waals surface area contributed by atoms with Crippen molar-refractivity contribution in [2.24, 2.45) is 17.8 Å². The lowest BCUT2D eigenvalue weighted by Crippen LogP contribution is -2.47. The summed E-state index contributed by atoms with van der Waals surface area (Å²) in [5.74, 6) is 1.69. The van der Waals surface area contributed by atoms with Crippen LogP contribution in [0.5, 0.6) is 0 Å². The molecule has 2 saturated heterocycles. The molecule has 0 aromatic carbocycles. The van der Waals surface area contributed by atoms with Gasteiger partial charge < -0.3 is 9.80 Å². The highest BCUT2D eigenvalue weighted by molar-refractivity contribution is 5.87. The second-order valence-corrected chi connectivity index (χ2v) is 6.73. The number of carbonyl (C=O) groups is 2. The van der Waals surface area contributed by atoms with Crippen molar-refractivity contribution in [3.63, 3.8) is 0 Å². The maximum Gasteiger partial charge on any atom is 0.245 e. The van der Waals surface area contributed by atoms with E-state index in [9.17, 15) is 9.59 Å². The lowest BCUT2D eigenvalue weighted by molar-refractivity contribution is -0.141. The third-order valence-corrected chi connectivity index (χ3v) is 5.04. The number of hydrogen-bond acceptors (Lipinski definition) is 2. The van der Waals surface area contributed by atoms with Crippen molar-refractivity contribution >= 4 is 11.8 Å². The Balaban J connectivity index is 1.87. The molecule has 2 aliphatic heterocycles. The predicted octanol–water partition coefficient (Wildman–Crippen LogP) is 2.31. The summed E-state index contributed by atoms with van der Waals surface area (Å²) < 4.78 is 0. The van der Waals surface area contributed by atoms with Gasteiger partial charge in [-0.1, -0.05) is 20.4 Å². The molecular weight excluding hydrogens is 264 g/mol. The molecule has 2 amide bonds. The first kappa shape index (κ1) is 16.1. The van der Waals surface area contributed by atoms with Crippen LogP contribution in [0.25, 0.3) is 0 Å². The molecule has 4 nitrogen and oxygen atoms in total. The highest BCUT2D eigenvalue weighted by atomic mass is 16.2. The summed E-state index contributed by atoms with van der Waals surface area (Å²) in [6, 6.07) is 0. The number of nitrogens with zero attached hydrogens (tertiary/aromatic N) is 2. The van der Waals surface area contributed by atoms with Gasteiger partial charge in [0.05, 0.1) is 0 Å². The maximum atomic E-state index is 12.7. The van der Waals surface area contributed by atoms with E-state index in [1.165, 1.54) is 12.5 Å². The van der Waals surface area contributed by atoms with Gasteiger partial charge in [-0.15, -0.1) is 0 Å². The number of piperidine rings is 2. The van der Waals surface area contributed by atoms with Gasteiger partial charge in [-0.3, -0.25) is 9.59 Å². The summed E-state index contributed by atoms with van der Waals surface area (Å²) >= 11 is 0. The van der Waals surface area contributed by atoms with Crippen molar-refractivity contribution in [2.45, 2.75) is 39.5 Å². The Labute approximate surface area is 128 Å². The molecule has 21 heavy (non-hydrogen) atoms. The summed E-state index contributed by atoms with van der Waals surface area (Å²) in [5, 5.41) is 0. The van der Waals surface area contributed by atoms with Crippen molar-refractivity contribution in [3.8, 4) is 0 Å². The fraction of sp³-hybridized carbons (Fsp3) is 0.765. The predicted molar refractivity (Wildman–Crippen MR) is 83.6 cm³/mol. The molecule has 0 bridgehead atoms. The van der Waals surface area contributed by atoms with Crippen LogP contribution >= 0.6 is 0 Å². The number of likely N-dealkylation sites (tertiary alicyclic amines) is 2. The quantitative estimate of drug-likeness (QED) is 0.749. The van der Waals surface area contributed by atoms with Crippen LogP contribution in [-0.2, 0) is 9.59 Å². The fourth-order valence-electron chi connectivity index (χ4n) is 3.49. The van der Waals surface area contributed by atoms with E-state index in [1.54, 1.807) is 4.90 Å². The lowest BCUT2D eigenvalue weighted by atomic mass is 9.86. The molecule has 2 aliphatic rings. The van der Waals surface area contributed by atoms with Crippen LogP contribution < -0.4 is 0 Å². The first-order valence-corrected chi connectivity index (χ1v) is 8.23. The molecule has 0 radical (unpaired) electrons. The molecule has 2 rings (SSSR count). The second kappa shape index (κ2) is 7.10. The van der Waals surface area contributed by atoms with Crippen molar-refractivity contribution in [2.75, 3.05) is 26.2 Å². The number of hydrogen-bond donors (Lipinski definition) is 0. The van der Waals surface area contributed by atoms with Crippen LogP contribution in [0.15, 0.2) is 12.7 Å². The van der Waals surface area contributed by atoms with Crippen molar-refractivity contribution in [1.29, 1.82) is 0 Å². The van der Waals surface area contributed by atoms with Gasteiger partial charge in [-0.25, -0.2) is 0 Å². The Morgan fingerprint density at radius 1 is 1.10 bits per heavy atom. The molecule has 0 saturated carbocycles. The van der Waals surface area contributed by atoms with Crippen LogP contribution in [0, 0.1) is 17.8 Å². The largest absolute Gasteiger partial charge is 0.342 e. The normalized spacial score (nSPS) is 24.2. The van der Waals surface area contributed by atoms with Gasteiger partial charge in [0, 0.05) is 32.1 Å². The van der Waals surface area contributed by atoms with Gasteiger partial charge in [0.15, 0.2) is 0 Å². The Bertz CT molecular complexity index is 398. The van der Waals surface area contributed by atoms with Crippen molar-refractivity contribution in [1.82, 2.24) is 9.80 Å². The minimum Gasteiger partial charge on any atom is -0.342 e. The first-order chi connectivity index (χ1) is 10.0. The van der Waals surface area contributed by atoms with E-state index in [-0.39, 0.29) is 11.8 Å². The van der Waals surface area contributed by atoms with E-state index in [4.69, 9.17) is 0 Å². The molecule has 0 aromatic rings. The summed E-state index contributed by atoms with van der Waals surface area (Å²) in [6.07, 6.45) is 5.32. The number of amides is 2. The zero-order valence-corrected chi connectivity index (χ0v) is 13.4. The van der Waals surface area contributed by atoms with Gasteiger partial charge >= 0.3 is 0 Å². The Morgan fingerprint density at radius 2 is 1.76 bits per heavy atom. The summed E-state index contributed by atoms with van der Waals surface area (Å²) in [5.41, 5.74) is 0. The van der Waals surface area contributed by atoms with Gasteiger partial charge in [0.2, 0.25) is 11.8 Å². The Kier molecular flexibility index (Phi) is 5.43. The van der Waals surface area contributed by atoms with Crippen molar-refractivity contribution < 1.29 is 9.59 Å². The van der Waals surface area contributed by atoms with Crippen molar-refractivity contribution in [3.05, 3.63) is 12.7 Å². The molecule has 0 N–H and O–H groups in total. The smallest absolute Gasteiger partial charge is 0.245 e.